The van der Waals surface area contributed by atoms with Gasteiger partial charge in [-0.3, -0.25) is 4.79 Å². The van der Waals surface area contributed by atoms with Crippen LogP contribution in [0.3, 0.4) is 0 Å². The smallest absolute Gasteiger partial charge is 0.251 e. The van der Waals surface area contributed by atoms with Gasteiger partial charge in [-0.15, -0.1) is 0 Å². The summed E-state index contributed by atoms with van der Waals surface area (Å²) in [6.45, 7) is 3.20. The minimum absolute atomic E-state index is 0.157. The van der Waals surface area contributed by atoms with Crippen LogP contribution in [0, 0.1) is 5.92 Å². The average molecular weight is 375 g/mol. The van der Waals surface area contributed by atoms with Crippen LogP contribution in [-0.4, -0.2) is 38.8 Å². The third-order valence-corrected chi connectivity index (χ3v) is 6.08. The molecule has 0 aromatic heterocycles. The van der Waals surface area contributed by atoms with Gasteiger partial charge in [-0.05, 0) is 37.0 Å². The summed E-state index contributed by atoms with van der Waals surface area (Å²) >= 11 is 3.27. The quantitative estimate of drug-likeness (QED) is 0.881. The molecule has 0 saturated carbocycles. The average Bonchev–Trinajstić information content (AvgIpc) is 2.46. The number of carbonyl (C=O) groups excluding carboxylic acids is 1. The Morgan fingerprint density at radius 1 is 1.29 bits per heavy atom. The Morgan fingerprint density at radius 2 is 1.90 bits per heavy atom. The number of nitrogens with zero attached hydrogens (tertiary/aromatic N) is 1. The second-order valence-electron chi connectivity index (χ2n) is 5.34. The summed E-state index contributed by atoms with van der Waals surface area (Å²) in [6, 6.07) is 4.58. The molecule has 116 valence electrons. The predicted molar refractivity (Wildman–Crippen MR) is 84.7 cm³/mol. The van der Waals surface area contributed by atoms with E-state index < -0.39 is 10.0 Å². The van der Waals surface area contributed by atoms with Crippen molar-refractivity contribution in [3.05, 3.63) is 28.2 Å². The van der Waals surface area contributed by atoms with Gasteiger partial charge in [0, 0.05) is 30.2 Å². The molecule has 1 aromatic carbocycles. The molecular weight excluding hydrogens is 356 g/mol. The van der Waals surface area contributed by atoms with E-state index in [0.717, 1.165) is 12.8 Å². The third-order valence-electron chi connectivity index (χ3n) is 3.74. The molecule has 7 heteroatoms. The zero-order valence-corrected chi connectivity index (χ0v) is 14.5. The Kier molecular flexibility index (Phi) is 5.06. The Bertz CT molecular complexity index is 638. The van der Waals surface area contributed by atoms with E-state index in [2.05, 4.69) is 28.2 Å². The summed E-state index contributed by atoms with van der Waals surface area (Å²) in [5, 5.41) is 2.50. The van der Waals surface area contributed by atoms with Gasteiger partial charge in [0.15, 0.2) is 0 Å². The van der Waals surface area contributed by atoms with Crippen molar-refractivity contribution in [2.45, 2.75) is 24.7 Å². The maximum Gasteiger partial charge on any atom is 0.251 e. The fourth-order valence-corrected chi connectivity index (χ4v) is 4.55. The van der Waals surface area contributed by atoms with Gasteiger partial charge in [-0.25, -0.2) is 8.42 Å². The fourth-order valence-electron chi connectivity index (χ4n) is 2.36. The van der Waals surface area contributed by atoms with Gasteiger partial charge in [0.1, 0.15) is 0 Å². The number of rotatable bonds is 3. The molecule has 1 aromatic rings. The van der Waals surface area contributed by atoms with Crippen LogP contribution < -0.4 is 5.32 Å². The lowest BCUT2D eigenvalue weighted by Crippen LogP contribution is -2.38. The van der Waals surface area contributed by atoms with Crippen molar-refractivity contribution in [1.29, 1.82) is 0 Å². The van der Waals surface area contributed by atoms with Crippen molar-refractivity contribution in [3.8, 4) is 0 Å². The van der Waals surface area contributed by atoms with E-state index in [0.29, 0.717) is 29.0 Å². The molecule has 0 unspecified atom stereocenters. The highest BCUT2D eigenvalue weighted by Gasteiger charge is 2.28. The van der Waals surface area contributed by atoms with Crippen molar-refractivity contribution < 1.29 is 13.2 Å². The molecule has 1 heterocycles. The van der Waals surface area contributed by atoms with E-state index >= 15 is 0 Å². The normalized spacial score (nSPS) is 17.7. The van der Waals surface area contributed by atoms with Crippen LogP contribution in [0.5, 0.6) is 0 Å². The number of hydrogen-bond donors (Lipinski definition) is 1. The monoisotopic (exact) mass is 374 g/mol. The molecule has 1 fully saturated rings. The lowest BCUT2D eigenvalue weighted by molar-refractivity contribution is 0.0963. The van der Waals surface area contributed by atoms with Crippen molar-refractivity contribution in [2.24, 2.45) is 5.92 Å². The highest BCUT2D eigenvalue weighted by Crippen LogP contribution is 2.26. The molecule has 0 atom stereocenters. The van der Waals surface area contributed by atoms with Gasteiger partial charge in [0.2, 0.25) is 10.0 Å². The lowest BCUT2D eigenvalue weighted by atomic mass is 10.0. The second-order valence-corrected chi connectivity index (χ2v) is 8.19. The Balaban J connectivity index is 2.36. The molecule has 1 saturated heterocycles. The summed E-state index contributed by atoms with van der Waals surface area (Å²) in [7, 11) is -2.03. The molecule has 1 aliphatic rings. The van der Waals surface area contributed by atoms with Gasteiger partial charge < -0.3 is 5.32 Å². The number of nitrogens with one attached hydrogen (secondary N) is 1. The first-order valence-electron chi connectivity index (χ1n) is 6.87. The summed E-state index contributed by atoms with van der Waals surface area (Å²) in [6.07, 6.45) is 1.74. The van der Waals surface area contributed by atoms with E-state index in [9.17, 15) is 13.2 Å². The number of benzene rings is 1. The van der Waals surface area contributed by atoms with E-state index in [1.165, 1.54) is 17.4 Å². The van der Waals surface area contributed by atoms with Crippen LogP contribution in [0.2, 0.25) is 0 Å². The number of hydrogen-bond acceptors (Lipinski definition) is 3. The first kappa shape index (κ1) is 16.5. The van der Waals surface area contributed by atoms with Crippen LogP contribution in [0.15, 0.2) is 27.6 Å². The summed E-state index contributed by atoms with van der Waals surface area (Å²) < 4.78 is 27.4. The van der Waals surface area contributed by atoms with Gasteiger partial charge in [0.05, 0.1) is 4.90 Å². The first-order valence-corrected chi connectivity index (χ1v) is 9.10. The number of sulfonamides is 1. The number of halogens is 1. The molecule has 0 radical (unpaired) electrons. The molecule has 0 spiro atoms. The standard InChI is InChI=1S/C14H19BrN2O3S/c1-10-3-5-17(6-4-10)21(19,20)13-8-11(14(18)16-2)7-12(15)9-13/h7-10H,3-6H2,1-2H3,(H,16,18). The maximum absolute atomic E-state index is 12.7. The topological polar surface area (TPSA) is 66.5 Å². The fraction of sp³-hybridized carbons (Fsp3) is 0.500. The van der Waals surface area contributed by atoms with Crippen LogP contribution in [0.4, 0.5) is 0 Å². The van der Waals surface area contributed by atoms with E-state index in [4.69, 9.17) is 0 Å². The maximum atomic E-state index is 12.7. The van der Waals surface area contributed by atoms with Crippen LogP contribution in [0.25, 0.3) is 0 Å². The Labute approximate surface area is 133 Å². The molecule has 2 rings (SSSR count). The number of amides is 1. The van der Waals surface area contributed by atoms with Crippen molar-refractivity contribution in [3.63, 3.8) is 0 Å². The first-order chi connectivity index (χ1) is 9.84. The molecule has 1 N–H and O–H groups in total. The summed E-state index contributed by atoms with van der Waals surface area (Å²) in [5.74, 6) is 0.250. The molecule has 0 aliphatic carbocycles. The predicted octanol–water partition coefficient (Wildman–Crippen LogP) is 2.23. The largest absolute Gasteiger partial charge is 0.355 e. The zero-order valence-electron chi connectivity index (χ0n) is 12.1. The van der Waals surface area contributed by atoms with Crippen molar-refractivity contribution >= 4 is 31.9 Å². The lowest BCUT2D eigenvalue weighted by Gasteiger charge is -2.29. The molecule has 21 heavy (non-hydrogen) atoms. The van der Waals surface area contributed by atoms with Crippen LogP contribution >= 0.6 is 15.9 Å². The highest BCUT2D eigenvalue weighted by molar-refractivity contribution is 9.10. The van der Waals surface area contributed by atoms with Gasteiger partial charge in [0.25, 0.3) is 5.91 Å². The number of piperidine rings is 1. The van der Waals surface area contributed by atoms with Crippen molar-refractivity contribution in [1.82, 2.24) is 9.62 Å². The third kappa shape index (κ3) is 3.64. The molecule has 1 amide bonds. The molecule has 0 bridgehead atoms. The molecule has 5 nitrogen and oxygen atoms in total. The van der Waals surface area contributed by atoms with Gasteiger partial charge in [-0.1, -0.05) is 22.9 Å². The molecule has 1 aliphatic heterocycles. The number of carbonyl (C=O) groups is 1. The minimum atomic E-state index is -3.55. The van der Waals surface area contributed by atoms with Crippen LogP contribution in [-0.2, 0) is 10.0 Å². The Hall–Kier alpha value is -0.920. The van der Waals surface area contributed by atoms with E-state index in [1.54, 1.807) is 12.1 Å². The second kappa shape index (κ2) is 6.46. The summed E-state index contributed by atoms with van der Waals surface area (Å²) in [5.41, 5.74) is 0.329. The zero-order chi connectivity index (χ0) is 15.6. The molecular formula is C14H19BrN2O3S. The SMILES string of the molecule is CNC(=O)c1cc(Br)cc(S(=O)(=O)N2CCC(C)CC2)c1. The van der Waals surface area contributed by atoms with Gasteiger partial charge >= 0.3 is 0 Å². The van der Waals surface area contributed by atoms with E-state index in [-0.39, 0.29) is 10.8 Å². The summed E-state index contributed by atoms with van der Waals surface area (Å²) in [4.78, 5) is 11.9. The van der Waals surface area contributed by atoms with Crippen molar-refractivity contribution in [2.75, 3.05) is 20.1 Å². The highest BCUT2D eigenvalue weighted by atomic mass is 79.9. The van der Waals surface area contributed by atoms with Crippen LogP contribution in [0.1, 0.15) is 30.1 Å². The minimum Gasteiger partial charge on any atom is -0.355 e. The van der Waals surface area contributed by atoms with E-state index in [1.807, 2.05) is 0 Å². The Morgan fingerprint density at radius 3 is 2.48 bits per heavy atom. The van der Waals surface area contributed by atoms with Gasteiger partial charge in [-0.2, -0.15) is 4.31 Å².